The van der Waals surface area contributed by atoms with Crippen LogP contribution in [0.1, 0.15) is 44.2 Å². The summed E-state index contributed by atoms with van der Waals surface area (Å²) in [4.78, 5) is 29.6. The van der Waals surface area contributed by atoms with Crippen molar-refractivity contribution in [2.45, 2.75) is 50.1 Å². The zero-order chi connectivity index (χ0) is 24.6. The molecule has 3 heterocycles. The summed E-state index contributed by atoms with van der Waals surface area (Å²) in [6.45, 7) is 1.62. The molecule has 184 valence electrons. The number of carbonyl (C=O) groups is 2. The first-order chi connectivity index (χ1) is 16.8. The molecule has 2 unspecified atom stereocenters. The van der Waals surface area contributed by atoms with Crippen LogP contribution in [-0.4, -0.2) is 67.5 Å². The third-order valence-electron chi connectivity index (χ3n) is 6.54. The topological polar surface area (TPSA) is 154 Å². The molecule has 0 radical (unpaired) electrons. The second-order valence-corrected chi connectivity index (χ2v) is 11.4. The molecule has 2 atom stereocenters. The van der Waals surface area contributed by atoms with Crippen molar-refractivity contribution in [3.8, 4) is 5.69 Å². The average Bonchev–Trinajstić information content (AvgIpc) is 3.22. The van der Waals surface area contributed by atoms with Gasteiger partial charge in [0.25, 0.3) is 0 Å². The van der Waals surface area contributed by atoms with Gasteiger partial charge in [-0.15, -0.1) is 5.10 Å². The molecule has 2 amide bonds. The lowest BCUT2D eigenvalue weighted by Crippen LogP contribution is -2.47. The van der Waals surface area contributed by atoms with Gasteiger partial charge in [0.15, 0.2) is 9.84 Å². The van der Waals surface area contributed by atoms with Gasteiger partial charge in [-0.3, -0.25) is 9.59 Å². The van der Waals surface area contributed by atoms with Crippen molar-refractivity contribution in [1.29, 1.82) is 0 Å². The molecule has 35 heavy (non-hydrogen) atoms. The van der Waals surface area contributed by atoms with Crippen molar-refractivity contribution >= 4 is 27.3 Å². The lowest BCUT2D eigenvalue weighted by Gasteiger charge is -2.20. The van der Waals surface area contributed by atoms with Crippen molar-refractivity contribution in [3.63, 3.8) is 0 Å². The number of rotatable bonds is 7. The fraction of sp³-hybridized carbons (Fsp3) is 0.455. The van der Waals surface area contributed by atoms with Gasteiger partial charge in [-0.05, 0) is 56.9 Å². The van der Waals surface area contributed by atoms with Gasteiger partial charge in [0, 0.05) is 11.6 Å². The summed E-state index contributed by atoms with van der Waals surface area (Å²) in [5, 5.41) is 17.9. The van der Waals surface area contributed by atoms with Crippen LogP contribution in [0.25, 0.3) is 5.69 Å². The Bertz CT molecular complexity index is 1330. The monoisotopic (exact) mass is 498 g/mol. The number of hydrogen-bond acceptors (Lipinski definition) is 8. The van der Waals surface area contributed by atoms with Crippen LogP contribution in [0.4, 0.5) is 5.69 Å². The van der Waals surface area contributed by atoms with E-state index < -0.39 is 21.4 Å². The Morgan fingerprint density at radius 2 is 1.97 bits per heavy atom. The van der Waals surface area contributed by atoms with E-state index in [-0.39, 0.29) is 29.2 Å². The predicted octanol–water partition coefficient (Wildman–Crippen LogP) is 0.784. The molecule has 1 saturated carbocycles. The highest BCUT2D eigenvalue weighted by Gasteiger charge is 2.53. The van der Waals surface area contributed by atoms with E-state index >= 15 is 0 Å². The normalized spacial score (nSPS) is 21.1. The molecule has 1 aliphatic heterocycles. The summed E-state index contributed by atoms with van der Waals surface area (Å²) < 4.78 is 27.1. The maximum absolute atomic E-state index is 13.1. The Balaban J connectivity index is 1.20. The molecule has 2 N–H and O–H groups in total. The summed E-state index contributed by atoms with van der Waals surface area (Å²) in [6, 6.07) is 6.31. The lowest BCUT2D eigenvalue weighted by atomic mass is 10.0. The van der Waals surface area contributed by atoms with Crippen LogP contribution in [0, 0.1) is 0 Å². The highest BCUT2D eigenvalue weighted by Crippen LogP contribution is 2.43. The Kier molecular flexibility index (Phi) is 5.87. The Morgan fingerprint density at radius 1 is 1.20 bits per heavy atom. The predicted molar refractivity (Wildman–Crippen MR) is 125 cm³/mol. The molecule has 0 spiro atoms. The maximum Gasteiger partial charge on any atom is 0.248 e. The van der Waals surface area contributed by atoms with Gasteiger partial charge >= 0.3 is 0 Å². The maximum atomic E-state index is 13.1. The van der Waals surface area contributed by atoms with E-state index in [9.17, 15) is 18.0 Å². The van der Waals surface area contributed by atoms with E-state index in [1.807, 2.05) is 0 Å². The van der Waals surface area contributed by atoms with Gasteiger partial charge in [-0.2, -0.15) is 5.10 Å². The average molecular weight is 499 g/mol. The van der Waals surface area contributed by atoms with Gasteiger partial charge in [0.1, 0.15) is 24.2 Å². The van der Waals surface area contributed by atoms with Gasteiger partial charge in [-0.25, -0.2) is 22.8 Å². The van der Waals surface area contributed by atoms with Crippen LogP contribution in [0.2, 0.25) is 0 Å². The molecular formula is C22H26N8O4S. The van der Waals surface area contributed by atoms with Crippen LogP contribution in [0.15, 0.2) is 43.1 Å². The third kappa shape index (κ3) is 4.81. The highest BCUT2D eigenvalue weighted by atomic mass is 32.2. The number of amides is 2. The van der Waals surface area contributed by atoms with Crippen LogP contribution in [0.5, 0.6) is 0 Å². The molecule has 2 fully saturated rings. The fourth-order valence-corrected chi connectivity index (χ4v) is 6.02. The number of nitrogens with zero attached hydrogens (tertiary/aromatic N) is 6. The number of hydrogen-bond donors (Lipinski definition) is 2. The van der Waals surface area contributed by atoms with E-state index in [0.717, 1.165) is 12.1 Å². The smallest absolute Gasteiger partial charge is 0.248 e. The molecular weight excluding hydrogens is 472 g/mol. The van der Waals surface area contributed by atoms with Crippen molar-refractivity contribution in [1.82, 2.24) is 35.1 Å². The molecule has 0 bridgehead atoms. The first-order valence-corrected chi connectivity index (χ1v) is 13.3. The zero-order valence-corrected chi connectivity index (χ0v) is 20.0. The van der Waals surface area contributed by atoms with E-state index in [1.165, 1.54) is 11.0 Å². The van der Waals surface area contributed by atoms with E-state index in [1.54, 1.807) is 48.4 Å². The highest BCUT2D eigenvalue weighted by molar-refractivity contribution is 7.91. The number of anilines is 1. The minimum atomic E-state index is -3.08. The second-order valence-electron chi connectivity index (χ2n) is 9.14. The van der Waals surface area contributed by atoms with Gasteiger partial charge in [0.05, 0.1) is 29.1 Å². The van der Waals surface area contributed by atoms with Gasteiger partial charge < -0.3 is 10.6 Å². The standard InChI is InChI=1S/C22H26N8O4S/c1-15(20(31)26-17-4-6-18(7-5-17)29-14-23-13-24-29)25-21(32)22(8-9-22)30-11-19(27-28-30)16-3-2-10-35(33,34)12-16/h4-7,11,13-16H,2-3,8-10,12H2,1H3,(H,25,32)(H,26,31). The van der Waals surface area contributed by atoms with Crippen molar-refractivity contribution in [2.75, 3.05) is 16.8 Å². The van der Waals surface area contributed by atoms with Crippen molar-refractivity contribution in [3.05, 3.63) is 48.8 Å². The summed E-state index contributed by atoms with van der Waals surface area (Å²) in [6.07, 6.45) is 7.17. The van der Waals surface area contributed by atoms with Crippen LogP contribution < -0.4 is 10.6 Å². The number of nitrogens with one attached hydrogen (secondary N) is 2. The zero-order valence-electron chi connectivity index (χ0n) is 19.2. The van der Waals surface area contributed by atoms with Crippen LogP contribution in [0.3, 0.4) is 0 Å². The summed E-state index contributed by atoms with van der Waals surface area (Å²) in [7, 11) is -3.08. The first kappa shape index (κ1) is 23.1. The van der Waals surface area contributed by atoms with E-state index in [4.69, 9.17) is 0 Å². The second kappa shape index (κ2) is 8.87. The van der Waals surface area contributed by atoms with E-state index in [2.05, 4.69) is 31.0 Å². The summed E-state index contributed by atoms with van der Waals surface area (Å²) in [5.41, 5.74) is 1.08. The van der Waals surface area contributed by atoms with Crippen molar-refractivity contribution in [2.24, 2.45) is 0 Å². The Hall–Kier alpha value is -3.61. The molecule has 1 aliphatic carbocycles. The summed E-state index contributed by atoms with van der Waals surface area (Å²) in [5.74, 6) is -0.608. The van der Waals surface area contributed by atoms with Gasteiger partial charge in [0.2, 0.25) is 11.8 Å². The quantitative estimate of drug-likeness (QED) is 0.485. The minimum Gasteiger partial charge on any atom is -0.342 e. The van der Waals surface area contributed by atoms with Crippen LogP contribution >= 0.6 is 0 Å². The molecule has 13 heteroatoms. The Morgan fingerprint density at radius 3 is 2.63 bits per heavy atom. The Labute approximate surface area is 202 Å². The minimum absolute atomic E-state index is 0.0574. The SMILES string of the molecule is CC(NC(=O)C1(n2cc(C3CCCS(=O)(=O)C3)nn2)CC1)C(=O)Nc1ccc(-n2cncn2)cc1. The largest absolute Gasteiger partial charge is 0.342 e. The molecule has 1 aromatic carbocycles. The number of sulfone groups is 1. The third-order valence-corrected chi connectivity index (χ3v) is 8.36. The number of carbonyl (C=O) groups excluding carboxylic acids is 2. The summed E-state index contributed by atoms with van der Waals surface area (Å²) >= 11 is 0. The first-order valence-electron chi connectivity index (χ1n) is 11.5. The molecule has 5 rings (SSSR count). The number of aromatic nitrogens is 6. The van der Waals surface area contributed by atoms with Crippen LogP contribution in [-0.2, 0) is 25.0 Å². The molecule has 2 aromatic heterocycles. The lowest BCUT2D eigenvalue weighted by molar-refractivity contribution is -0.129. The fourth-order valence-electron chi connectivity index (χ4n) is 4.29. The van der Waals surface area contributed by atoms with Crippen molar-refractivity contribution < 1.29 is 18.0 Å². The molecule has 1 saturated heterocycles. The molecule has 3 aromatic rings. The molecule has 2 aliphatic rings. The molecule has 12 nitrogen and oxygen atoms in total. The van der Waals surface area contributed by atoms with Gasteiger partial charge in [-0.1, -0.05) is 5.21 Å². The number of benzene rings is 1. The van der Waals surface area contributed by atoms with E-state index in [0.29, 0.717) is 30.6 Å².